The highest BCUT2D eigenvalue weighted by atomic mass is 16.2. The summed E-state index contributed by atoms with van der Waals surface area (Å²) in [7, 11) is 2.18. The minimum absolute atomic E-state index is 0.0940. The van der Waals surface area contributed by atoms with E-state index in [-0.39, 0.29) is 11.8 Å². The average Bonchev–Trinajstić information content (AvgIpc) is 3.09. The van der Waals surface area contributed by atoms with E-state index >= 15 is 0 Å². The van der Waals surface area contributed by atoms with Gasteiger partial charge in [-0.25, -0.2) is 4.68 Å². The summed E-state index contributed by atoms with van der Waals surface area (Å²) < 4.78 is 1.96. The lowest BCUT2D eigenvalue weighted by molar-refractivity contribution is -0.136. The number of hydrogen-bond acceptors (Lipinski definition) is 3. The maximum atomic E-state index is 12.1. The van der Waals surface area contributed by atoms with Crippen molar-refractivity contribution in [3.8, 4) is 5.69 Å². The zero-order chi connectivity index (χ0) is 18.7. The molecule has 1 saturated heterocycles. The van der Waals surface area contributed by atoms with Crippen molar-refractivity contribution in [3.63, 3.8) is 0 Å². The molecule has 0 radical (unpaired) electrons. The number of amides is 1. The second-order valence-electron chi connectivity index (χ2n) is 7.71. The summed E-state index contributed by atoms with van der Waals surface area (Å²) in [5, 5.41) is 4.54. The molecular formula is C21H30N4O. The first-order valence-electron chi connectivity index (χ1n) is 9.54. The third kappa shape index (κ3) is 4.15. The van der Waals surface area contributed by atoms with Crippen LogP contribution < -0.4 is 0 Å². The summed E-state index contributed by atoms with van der Waals surface area (Å²) in [5.74, 6) is 0.377. The molecule has 2 heterocycles. The number of hydrogen-bond donors (Lipinski definition) is 0. The summed E-state index contributed by atoms with van der Waals surface area (Å²) in [6, 6.07) is 8.81. The number of piperidine rings is 1. The smallest absolute Gasteiger partial charge is 0.225 e. The van der Waals surface area contributed by atoms with Crippen molar-refractivity contribution in [1.29, 1.82) is 0 Å². The maximum Gasteiger partial charge on any atom is 0.225 e. The Hall–Kier alpha value is -2.14. The average molecular weight is 354 g/mol. The number of aryl methyl sites for hydroxylation is 1. The molecule has 2 aromatic rings. The lowest BCUT2D eigenvalue weighted by atomic mass is 10.0. The Morgan fingerprint density at radius 3 is 2.62 bits per heavy atom. The predicted octanol–water partition coefficient (Wildman–Crippen LogP) is 3.26. The van der Waals surface area contributed by atoms with Crippen LogP contribution in [0.25, 0.3) is 5.69 Å². The van der Waals surface area contributed by atoms with E-state index in [0.29, 0.717) is 6.04 Å². The molecule has 0 N–H and O–H groups in total. The van der Waals surface area contributed by atoms with Crippen LogP contribution in [0.4, 0.5) is 0 Å². The molecule has 1 amide bonds. The van der Waals surface area contributed by atoms with Crippen molar-refractivity contribution in [2.45, 2.75) is 46.2 Å². The minimum Gasteiger partial charge on any atom is -0.342 e. The first-order chi connectivity index (χ1) is 12.5. The van der Waals surface area contributed by atoms with E-state index in [1.807, 2.05) is 41.8 Å². The quantitative estimate of drug-likeness (QED) is 0.828. The van der Waals surface area contributed by atoms with Gasteiger partial charge < -0.3 is 4.90 Å². The summed E-state index contributed by atoms with van der Waals surface area (Å²) >= 11 is 0. The van der Waals surface area contributed by atoms with Crippen LogP contribution in [0, 0.1) is 12.8 Å². The zero-order valence-electron chi connectivity index (χ0n) is 16.4. The number of carbonyl (C=O) groups excluding carboxylic acids is 1. The topological polar surface area (TPSA) is 41.4 Å². The molecule has 26 heavy (non-hydrogen) atoms. The van der Waals surface area contributed by atoms with Gasteiger partial charge in [-0.15, -0.1) is 0 Å². The highest BCUT2D eigenvalue weighted by molar-refractivity contribution is 5.78. The van der Waals surface area contributed by atoms with Gasteiger partial charge in [-0.3, -0.25) is 9.69 Å². The maximum absolute atomic E-state index is 12.1. The zero-order valence-corrected chi connectivity index (χ0v) is 16.4. The molecule has 1 aromatic carbocycles. The van der Waals surface area contributed by atoms with Gasteiger partial charge in [0.1, 0.15) is 0 Å². The van der Waals surface area contributed by atoms with Crippen molar-refractivity contribution < 1.29 is 4.79 Å². The Morgan fingerprint density at radius 1 is 1.27 bits per heavy atom. The van der Waals surface area contributed by atoms with E-state index in [2.05, 4.69) is 42.3 Å². The molecule has 0 unspecified atom stereocenters. The van der Waals surface area contributed by atoms with Crippen molar-refractivity contribution in [2.24, 2.45) is 5.92 Å². The third-order valence-corrected chi connectivity index (χ3v) is 5.32. The number of para-hydroxylation sites is 1. The fourth-order valence-corrected chi connectivity index (χ4v) is 3.70. The molecule has 1 aliphatic heterocycles. The molecule has 3 rings (SSSR count). The van der Waals surface area contributed by atoms with Gasteiger partial charge in [0.15, 0.2) is 0 Å². The molecule has 140 valence electrons. The summed E-state index contributed by atoms with van der Waals surface area (Å²) in [5.41, 5.74) is 3.57. The molecule has 0 bridgehead atoms. The number of rotatable bonds is 5. The van der Waals surface area contributed by atoms with Gasteiger partial charge in [-0.05, 0) is 38.4 Å². The molecule has 0 aliphatic carbocycles. The SMILES string of the molecule is Cc1ccccc1-n1cc(CN(C)C2CCN(C(=O)C(C)C)CC2)cn1. The second kappa shape index (κ2) is 8.04. The van der Waals surface area contributed by atoms with Crippen molar-refractivity contribution in [3.05, 3.63) is 47.8 Å². The van der Waals surface area contributed by atoms with Crippen LogP contribution in [-0.2, 0) is 11.3 Å². The van der Waals surface area contributed by atoms with Crippen molar-refractivity contribution in [2.75, 3.05) is 20.1 Å². The van der Waals surface area contributed by atoms with E-state index in [4.69, 9.17) is 0 Å². The Labute approximate surface area is 156 Å². The molecule has 0 spiro atoms. The highest BCUT2D eigenvalue weighted by Crippen LogP contribution is 2.20. The molecular weight excluding hydrogens is 324 g/mol. The number of likely N-dealkylation sites (tertiary alicyclic amines) is 1. The Balaban J connectivity index is 1.57. The van der Waals surface area contributed by atoms with Gasteiger partial charge in [-0.1, -0.05) is 32.0 Å². The van der Waals surface area contributed by atoms with Crippen LogP contribution in [0.1, 0.15) is 37.8 Å². The summed E-state index contributed by atoms with van der Waals surface area (Å²) in [4.78, 5) is 16.5. The van der Waals surface area contributed by atoms with Gasteiger partial charge in [0, 0.05) is 43.4 Å². The fraction of sp³-hybridized carbons (Fsp3) is 0.524. The van der Waals surface area contributed by atoms with E-state index in [9.17, 15) is 4.79 Å². The standard InChI is InChI=1S/C21H30N4O/c1-16(2)21(26)24-11-9-19(10-12-24)23(4)14-18-13-22-25(15-18)20-8-6-5-7-17(20)3/h5-8,13,15-16,19H,9-12,14H2,1-4H3. The van der Waals surface area contributed by atoms with Gasteiger partial charge in [-0.2, -0.15) is 5.10 Å². The third-order valence-electron chi connectivity index (χ3n) is 5.32. The number of nitrogens with zero attached hydrogens (tertiary/aromatic N) is 4. The molecule has 0 atom stereocenters. The van der Waals surface area contributed by atoms with Gasteiger partial charge in [0.25, 0.3) is 0 Å². The molecule has 1 aliphatic rings. The lowest BCUT2D eigenvalue weighted by Gasteiger charge is -2.37. The molecule has 0 saturated carbocycles. The van der Waals surface area contributed by atoms with Crippen LogP contribution in [0.2, 0.25) is 0 Å². The van der Waals surface area contributed by atoms with E-state index in [0.717, 1.165) is 38.2 Å². The van der Waals surface area contributed by atoms with Crippen LogP contribution in [0.3, 0.4) is 0 Å². The number of benzene rings is 1. The molecule has 1 aromatic heterocycles. The Kier molecular flexibility index (Phi) is 5.77. The monoisotopic (exact) mass is 354 g/mol. The number of aromatic nitrogens is 2. The highest BCUT2D eigenvalue weighted by Gasteiger charge is 2.26. The lowest BCUT2D eigenvalue weighted by Crippen LogP contribution is -2.46. The number of carbonyl (C=O) groups is 1. The predicted molar refractivity (Wildman–Crippen MR) is 104 cm³/mol. The van der Waals surface area contributed by atoms with E-state index in [1.54, 1.807) is 0 Å². The molecule has 5 nitrogen and oxygen atoms in total. The van der Waals surface area contributed by atoms with Crippen LogP contribution >= 0.6 is 0 Å². The molecule has 1 fully saturated rings. The molecule has 5 heteroatoms. The van der Waals surface area contributed by atoms with E-state index in [1.165, 1.54) is 11.1 Å². The van der Waals surface area contributed by atoms with Crippen LogP contribution in [-0.4, -0.2) is 51.7 Å². The normalized spacial score (nSPS) is 15.8. The summed E-state index contributed by atoms with van der Waals surface area (Å²) in [6.45, 7) is 8.69. The van der Waals surface area contributed by atoms with Gasteiger partial charge in [0.05, 0.1) is 11.9 Å². The fourth-order valence-electron chi connectivity index (χ4n) is 3.70. The second-order valence-corrected chi connectivity index (χ2v) is 7.71. The first-order valence-corrected chi connectivity index (χ1v) is 9.54. The minimum atomic E-state index is 0.0940. The van der Waals surface area contributed by atoms with E-state index < -0.39 is 0 Å². The van der Waals surface area contributed by atoms with Crippen molar-refractivity contribution in [1.82, 2.24) is 19.6 Å². The Morgan fingerprint density at radius 2 is 1.96 bits per heavy atom. The first kappa shape index (κ1) is 18.6. The largest absolute Gasteiger partial charge is 0.342 e. The van der Waals surface area contributed by atoms with Crippen LogP contribution in [0.15, 0.2) is 36.7 Å². The Bertz CT molecular complexity index is 744. The van der Waals surface area contributed by atoms with Crippen LogP contribution in [0.5, 0.6) is 0 Å². The van der Waals surface area contributed by atoms with Crippen molar-refractivity contribution >= 4 is 5.91 Å². The van der Waals surface area contributed by atoms with Gasteiger partial charge in [0.2, 0.25) is 5.91 Å². The summed E-state index contributed by atoms with van der Waals surface area (Å²) in [6.07, 6.45) is 6.17. The van der Waals surface area contributed by atoms with Gasteiger partial charge >= 0.3 is 0 Å².